The summed E-state index contributed by atoms with van der Waals surface area (Å²) in [6.45, 7) is 1.64. The van der Waals surface area contributed by atoms with E-state index in [1.54, 1.807) is 19.2 Å². The largest absolute Gasteiger partial charge is 0.486 e. The number of amides is 1. The van der Waals surface area contributed by atoms with Crippen LogP contribution in [0.25, 0.3) is 0 Å². The second-order valence-electron chi connectivity index (χ2n) is 6.07. The van der Waals surface area contributed by atoms with Crippen molar-refractivity contribution in [2.75, 3.05) is 27.3 Å². The van der Waals surface area contributed by atoms with Gasteiger partial charge in [-0.25, -0.2) is 0 Å². The monoisotopic (exact) mass is 438 g/mol. The van der Waals surface area contributed by atoms with E-state index >= 15 is 0 Å². The molecule has 7 heteroatoms. The fourth-order valence-electron chi connectivity index (χ4n) is 2.98. The second kappa shape index (κ2) is 8.29. The van der Waals surface area contributed by atoms with Crippen LogP contribution in [0.1, 0.15) is 17.2 Å². The topological polar surface area (TPSA) is 50.8 Å². The number of hydrogen-bond acceptors (Lipinski definition) is 4. The van der Waals surface area contributed by atoms with Crippen LogP contribution in [-0.2, 0) is 11.3 Å². The fourth-order valence-corrected chi connectivity index (χ4v) is 3.55. The lowest BCUT2D eigenvalue weighted by molar-refractivity contribution is -0.125. The van der Waals surface area contributed by atoms with E-state index in [4.69, 9.17) is 21.1 Å². The molecular weight excluding hydrogens is 420 g/mol. The first-order chi connectivity index (χ1) is 12.5. The Morgan fingerprint density at radius 1 is 1.23 bits per heavy atom. The molecule has 138 valence electrons. The van der Waals surface area contributed by atoms with Gasteiger partial charge in [-0.05, 0) is 42.4 Å². The standard InChI is InChI=1S/C19H20BrClN2O3/c1-22-19(24)18(12-3-5-14(21)6-4-12)23(2)11-13-9-16-17(10-15(13)20)26-8-7-25-16/h3-6,9-10,18H,7-8,11H2,1-2H3,(H,22,24). The number of benzene rings is 2. The molecule has 1 aliphatic rings. The zero-order valence-electron chi connectivity index (χ0n) is 14.6. The molecular formula is C19H20BrClN2O3. The molecule has 5 nitrogen and oxygen atoms in total. The summed E-state index contributed by atoms with van der Waals surface area (Å²) in [7, 11) is 3.55. The Morgan fingerprint density at radius 2 is 1.85 bits per heavy atom. The Balaban J connectivity index is 1.87. The van der Waals surface area contributed by atoms with Gasteiger partial charge in [0.15, 0.2) is 11.5 Å². The third-order valence-corrected chi connectivity index (χ3v) is 5.24. The summed E-state index contributed by atoms with van der Waals surface area (Å²) in [4.78, 5) is 14.5. The molecule has 0 saturated heterocycles. The summed E-state index contributed by atoms with van der Waals surface area (Å²) >= 11 is 9.57. The first kappa shape index (κ1) is 19.0. The molecule has 0 aliphatic carbocycles. The van der Waals surface area contributed by atoms with Gasteiger partial charge in [0.2, 0.25) is 5.91 Å². The second-order valence-corrected chi connectivity index (χ2v) is 7.36. The molecule has 0 bridgehead atoms. The van der Waals surface area contributed by atoms with E-state index in [9.17, 15) is 4.79 Å². The minimum atomic E-state index is -0.433. The van der Waals surface area contributed by atoms with Gasteiger partial charge in [0.1, 0.15) is 19.3 Å². The maximum absolute atomic E-state index is 12.5. The summed E-state index contributed by atoms with van der Waals surface area (Å²) in [5.41, 5.74) is 1.89. The van der Waals surface area contributed by atoms with Crippen LogP contribution in [0.4, 0.5) is 0 Å². The molecule has 1 amide bonds. The van der Waals surface area contributed by atoms with Gasteiger partial charge in [-0.3, -0.25) is 9.69 Å². The van der Waals surface area contributed by atoms with Crippen LogP contribution in [0.15, 0.2) is 40.9 Å². The number of hydrogen-bond donors (Lipinski definition) is 1. The molecule has 26 heavy (non-hydrogen) atoms. The van der Waals surface area contributed by atoms with Crippen LogP contribution in [0.2, 0.25) is 5.02 Å². The molecule has 2 aromatic rings. The van der Waals surface area contributed by atoms with Crippen molar-refractivity contribution in [2.45, 2.75) is 12.6 Å². The lowest BCUT2D eigenvalue weighted by Crippen LogP contribution is -2.37. The summed E-state index contributed by atoms with van der Waals surface area (Å²) in [5.74, 6) is 1.38. The lowest BCUT2D eigenvalue weighted by Gasteiger charge is -2.28. The van der Waals surface area contributed by atoms with Crippen molar-refractivity contribution in [3.8, 4) is 11.5 Å². The molecule has 0 spiro atoms. The first-order valence-electron chi connectivity index (χ1n) is 8.25. The molecule has 1 atom stereocenters. The number of rotatable bonds is 5. The molecule has 1 N–H and O–H groups in total. The SMILES string of the molecule is CNC(=O)C(c1ccc(Cl)cc1)N(C)Cc1cc2c(cc1Br)OCCO2. The predicted octanol–water partition coefficient (Wildman–Crippen LogP) is 3.79. The summed E-state index contributed by atoms with van der Waals surface area (Å²) in [6, 6.07) is 10.8. The van der Waals surface area contributed by atoms with Crippen molar-refractivity contribution in [3.63, 3.8) is 0 Å². The quantitative estimate of drug-likeness (QED) is 0.770. The van der Waals surface area contributed by atoms with Crippen molar-refractivity contribution in [1.82, 2.24) is 10.2 Å². The molecule has 1 aliphatic heterocycles. The zero-order valence-corrected chi connectivity index (χ0v) is 16.9. The number of carbonyl (C=O) groups excluding carboxylic acids is 1. The van der Waals surface area contributed by atoms with Crippen LogP contribution >= 0.6 is 27.5 Å². The van der Waals surface area contributed by atoms with Gasteiger partial charge < -0.3 is 14.8 Å². The van der Waals surface area contributed by atoms with Crippen LogP contribution in [0.3, 0.4) is 0 Å². The fraction of sp³-hybridized carbons (Fsp3) is 0.316. The Bertz CT molecular complexity index is 798. The third-order valence-electron chi connectivity index (χ3n) is 4.25. The predicted molar refractivity (Wildman–Crippen MR) is 105 cm³/mol. The van der Waals surface area contributed by atoms with Gasteiger partial charge in [-0.2, -0.15) is 0 Å². The van der Waals surface area contributed by atoms with Gasteiger partial charge in [-0.15, -0.1) is 0 Å². The highest BCUT2D eigenvalue weighted by Gasteiger charge is 2.25. The van der Waals surface area contributed by atoms with E-state index in [1.807, 2.05) is 36.2 Å². The molecule has 1 heterocycles. The molecule has 1 unspecified atom stereocenters. The maximum Gasteiger partial charge on any atom is 0.241 e. The third kappa shape index (κ3) is 4.14. The highest BCUT2D eigenvalue weighted by atomic mass is 79.9. The van der Waals surface area contributed by atoms with E-state index in [-0.39, 0.29) is 5.91 Å². The van der Waals surface area contributed by atoms with Crippen molar-refractivity contribution >= 4 is 33.4 Å². The lowest BCUT2D eigenvalue weighted by atomic mass is 10.0. The molecule has 3 rings (SSSR count). The van der Waals surface area contributed by atoms with Gasteiger partial charge in [0, 0.05) is 23.1 Å². The highest BCUT2D eigenvalue weighted by Crippen LogP contribution is 2.36. The van der Waals surface area contributed by atoms with E-state index in [0.717, 1.165) is 27.1 Å². The highest BCUT2D eigenvalue weighted by molar-refractivity contribution is 9.10. The molecule has 0 radical (unpaired) electrons. The van der Waals surface area contributed by atoms with Crippen LogP contribution < -0.4 is 14.8 Å². The summed E-state index contributed by atoms with van der Waals surface area (Å²) in [6.07, 6.45) is 0. The van der Waals surface area contributed by atoms with Crippen LogP contribution in [0.5, 0.6) is 11.5 Å². The Labute approximate surface area is 166 Å². The van der Waals surface area contributed by atoms with Gasteiger partial charge >= 0.3 is 0 Å². The van der Waals surface area contributed by atoms with Crippen LogP contribution in [0, 0.1) is 0 Å². The molecule has 0 saturated carbocycles. The number of nitrogens with zero attached hydrogens (tertiary/aromatic N) is 1. The number of fused-ring (bicyclic) bond motifs is 1. The Morgan fingerprint density at radius 3 is 2.46 bits per heavy atom. The van der Waals surface area contributed by atoms with Gasteiger partial charge in [0.05, 0.1) is 0 Å². The van der Waals surface area contributed by atoms with Crippen molar-refractivity contribution in [1.29, 1.82) is 0 Å². The van der Waals surface area contributed by atoms with E-state index < -0.39 is 6.04 Å². The maximum atomic E-state index is 12.5. The minimum absolute atomic E-state index is 0.0801. The number of nitrogens with one attached hydrogen (secondary N) is 1. The Kier molecular flexibility index (Phi) is 6.06. The van der Waals surface area contributed by atoms with Gasteiger partial charge in [-0.1, -0.05) is 39.7 Å². The number of ether oxygens (including phenoxy) is 2. The summed E-state index contributed by atoms with van der Waals surface area (Å²) < 4.78 is 12.2. The Hall–Kier alpha value is -1.76. The molecule has 2 aromatic carbocycles. The first-order valence-corrected chi connectivity index (χ1v) is 9.42. The zero-order chi connectivity index (χ0) is 18.7. The molecule has 0 fully saturated rings. The van der Waals surface area contributed by atoms with E-state index in [2.05, 4.69) is 21.2 Å². The smallest absolute Gasteiger partial charge is 0.241 e. The van der Waals surface area contributed by atoms with Gasteiger partial charge in [0.25, 0.3) is 0 Å². The van der Waals surface area contributed by atoms with E-state index in [0.29, 0.717) is 24.8 Å². The average Bonchev–Trinajstić information content (AvgIpc) is 2.64. The summed E-state index contributed by atoms with van der Waals surface area (Å²) in [5, 5.41) is 3.38. The average molecular weight is 440 g/mol. The van der Waals surface area contributed by atoms with Crippen molar-refractivity contribution in [3.05, 3.63) is 57.0 Å². The van der Waals surface area contributed by atoms with E-state index in [1.165, 1.54) is 0 Å². The van der Waals surface area contributed by atoms with Crippen LogP contribution in [-0.4, -0.2) is 38.1 Å². The number of halogens is 2. The number of likely N-dealkylation sites (N-methyl/N-ethyl adjacent to an activating group) is 2. The molecule has 0 aromatic heterocycles. The normalized spacial score (nSPS) is 14.2. The van der Waals surface area contributed by atoms with Crippen molar-refractivity contribution < 1.29 is 14.3 Å². The van der Waals surface area contributed by atoms with Crippen molar-refractivity contribution in [2.24, 2.45) is 0 Å². The number of carbonyl (C=O) groups is 1. The minimum Gasteiger partial charge on any atom is -0.486 e.